The SMILES string of the molecule is C[C@@H](NC(=O)C[C@H](c1cccc(F)c1)c1cn(Cc2ccccc2)c2ccc([N+](=O)[O-])cc12)c1ccccc1. The molecule has 196 valence electrons. The Hall–Kier alpha value is -4.78. The van der Waals surface area contributed by atoms with E-state index >= 15 is 0 Å². The Balaban J connectivity index is 1.58. The van der Waals surface area contributed by atoms with Gasteiger partial charge in [0.2, 0.25) is 5.91 Å². The molecule has 6 nitrogen and oxygen atoms in total. The highest BCUT2D eigenvalue weighted by atomic mass is 19.1. The van der Waals surface area contributed by atoms with E-state index in [2.05, 4.69) is 5.32 Å². The molecule has 0 spiro atoms. The highest BCUT2D eigenvalue weighted by Crippen LogP contribution is 2.37. The summed E-state index contributed by atoms with van der Waals surface area (Å²) in [6.07, 6.45) is 1.98. The second-order valence-electron chi connectivity index (χ2n) is 9.67. The molecule has 1 amide bonds. The molecule has 5 rings (SSSR count). The fourth-order valence-electron chi connectivity index (χ4n) is 5.06. The van der Waals surface area contributed by atoms with Gasteiger partial charge in [-0.25, -0.2) is 4.39 Å². The van der Waals surface area contributed by atoms with Crippen molar-refractivity contribution >= 4 is 22.5 Å². The molecular formula is C32H28FN3O3. The molecule has 1 aromatic heterocycles. The number of nitrogens with zero attached hydrogens (tertiary/aromatic N) is 2. The van der Waals surface area contributed by atoms with E-state index < -0.39 is 16.7 Å². The Morgan fingerprint density at radius 1 is 0.923 bits per heavy atom. The third-order valence-corrected chi connectivity index (χ3v) is 7.00. The maximum absolute atomic E-state index is 14.4. The first-order valence-corrected chi connectivity index (χ1v) is 12.8. The highest BCUT2D eigenvalue weighted by molar-refractivity contribution is 5.88. The number of benzene rings is 4. The third-order valence-electron chi connectivity index (χ3n) is 7.00. The van der Waals surface area contributed by atoms with Crippen molar-refractivity contribution in [3.05, 3.63) is 148 Å². The number of hydrogen-bond donors (Lipinski definition) is 1. The summed E-state index contributed by atoms with van der Waals surface area (Å²) in [4.78, 5) is 24.6. The number of aromatic nitrogens is 1. The van der Waals surface area contributed by atoms with E-state index in [1.165, 1.54) is 18.2 Å². The van der Waals surface area contributed by atoms with E-state index in [4.69, 9.17) is 0 Å². The first kappa shape index (κ1) is 25.9. The molecule has 0 radical (unpaired) electrons. The van der Waals surface area contributed by atoms with Gasteiger partial charge in [-0.2, -0.15) is 0 Å². The summed E-state index contributed by atoms with van der Waals surface area (Å²) in [5.74, 6) is -1.13. The van der Waals surface area contributed by atoms with E-state index in [-0.39, 0.29) is 24.1 Å². The zero-order chi connectivity index (χ0) is 27.4. The first-order valence-electron chi connectivity index (χ1n) is 12.8. The van der Waals surface area contributed by atoms with Gasteiger partial charge >= 0.3 is 0 Å². The lowest BCUT2D eigenvalue weighted by Gasteiger charge is -2.20. The van der Waals surface area contributed by atoms with Crippen molar-refractivity contribution in [2.75, 3.05) is 0 Å². The average Bonchev–Trinajstić information content (AvgIpc) is 3.29. The van der Waals surface area contributed by atoms with Gasteiger partial charge < -0.3 is 9.88 Å². The molecule has 0 fully saturated rings. The molecule has 0 aliphatic rings. The normalized spacial score (nSPS) is 12.7. The summed E-state index contributed by atoms with van der Waals surface area (Å²) >= 11 is 0. The second-order valence-corrected chi connectivity index (χ2v) is 9.67. The number of amides is 1. The van der Waals surface area contributed by atoms with Crippen molar-refractivity contribution in [1.29, 1.82) is 0 Å². The van der Waals surface area contributed by atoms with Crippen LogP contribution < -0.4 is 5.32 Å². The predicted octanol–water partition coefficient (Wildman–Crippen LogP) is 7.14. The summed E-state index contributed by atoms with van der Waals surface area (Å²) < 4.78 is 16.4. The molecule has 4 aromatic carbocycles. The van der Waals surface area contributed by atoms with Crippen LogP contribution in [-0.4, -0.2) is 15.4 Å². The van der Waals surface area contributed by atoms with Gasteiger partial charge in [0.05, 0.1) is 11.0 Å². The van der Waals surface area contributed by atoms with Crippen molar-refractivity contribution in [3.63, 3.8) is 0 Å². The average molecular weight is 522 g/mol. The predicted molar refractivity (Wildman–Crippen MR) is 150 cm³/mol. The summed E-state index contributed by atoms with van der Waals surface area (Å²) in [5.41, 5.74) is 4.17. The van der Waals surface area contributed by atoms with Gasteiger partial charge in [-0.3, -0.25) is 14.9 Å². The summed E-state index contributed by atoms with van der Waals surface area (Å²) in [6, 6.07) is 30.3. The Labute approximate surface area is 225 Å². The minimum atomic E-state index is -0.523. The molecule has 2 atom stereocenters. The van der Waals surface area contributed by atoms with Crippen LogP contribution in [0.3, 0.4) is 0 Å². The van der Waals surface area contributed by atoms with Crippen molar-refractivity contribution in [1.82, 2.24) is 9.88 Å². The van der Waals surface area contributed by atoms with E-state index in [0.29, 0.717) is 17.5 Å². The van der Waals surface area contributed by atoms with Crippen LogP contribution >= 0.6 is 0 Å². The minimum Gasteiger partial charge on any atom is -0.350 e. The molecular weight excluding hydrogens is 493 g/mol. The lowest BCUT2D eigenvalue weighted by molar-refractivity contribution is -0.384. The monoisotopic (exact) mass is 521 g/mol. The number of nitro groups is 1. The van der Waals surface area contributed by atoms with Gasteiger partial charge in [0.1, 0.15) is 5.82 Å². The van der Waals surface area contributed by atoms with Gasteiger partial charge in [-0.15, -0.1) is 0 Å². The molecule has 1 heterocycles. The number of non-ortho nitro benzene ring substituents is 1. The first-order chi connectivity index (χ1) is 18.9. The minimum absolute atomic E-state index is 0.0404. The highest BCUT2D eigenvalue weighted by Gasteiger charge is 2.25. The van der Waals surface area contributed by atoms with Crippen LogP contribution in [0.25, 0.3) is 10.9 Å². The third kappa shape index (κ3) is 5.88. The van der Waals surface area contributed by atoms with Crippen LogP contribution in [0.4, 0.5) is 10.1 Å². The molecule has 1 N–H and O–H groups in total. The Bertz CT molecular complexity index is 1620. The maximum atomic E-state index is 14.4. The lowest BCUT2D eigenvalue weighted by Crippen LogP contribution is -2.28. The Kier molecular flexibility index (Phi) is 7.50. The van der Waals surface area contributed by atoms with Crippen LogP contribution in [0.2, 0.25) is 0 Å². The van der Waals surface area contributed by atoms with Gasteiger partial charge in [-0.05, 0) is 47.4 Å². The topological polar surface area (TPSA) is 77.2 Å². The van der Waals surface area contributed by atoms with E-state index in [1.54, 1.807) is 24.3 Å². The molecule has 0 bridgehead atoms. The molecule has 0 unspecified atom stereocenters. The van der Waals surface area contributed by atoms with Crippen LogP contribution in [0.5, 0.6) is 0 Å². The number of rotatable bonds is 9. The van der Waals surface area contributed by atoms with Crippen LogP contribution in [0.1, 0.15) is 47.6 Å². The van der Waals surface area contributed by atoms with E-state index in [0.717, 1.165) is 22.2 Å². The summed E-state index contributed by atoms with van der Waals surface area (Å²) in [6.45, 7) is 2.46. The van der Waals surface area contributed by atoms with Crippen molar-refractivity contribution in [2.45, 2.75) is 31.8 Å². The zero-order valence-corrected chi connectivity index (χ0v) is 21.5. The Morgan fingerprint density at radius 3 is 2.31 bits per heavy atom. The van der Waals surface area contributed by atoms with Crippen molar-refractivity contribution < 1.29 is 14.1 Å². The molecule has 5 aromatic rings. The maximum Gasteiger partial charge on any atom is 0.270 e. The summed E-state index contributed by atoms with van der Waals surface area (Å²) in [5, 5.41) is 15.4. The molecule has 0 aliphatic heterocycles. The van der Waals surface area contributed by atoms with Gasteiger partial charge in [-0.1, -0.05) is 72.8 Å². The lowest BCUT2D eigenvalue weighted by atomic mass is 9.87. The summed E-state index contributed by atoms with van der Waals surface area (Å²) in [7, 11) is 0. The largest absolute Gasteiger partial charge is 0.350 e. The number of carbonyl (C=O) groups excluding carboxylic acids is 1. The fourth-order valence-corrected chi connectivity index (χ4v) is 5.06. The molecule has 0 saturated carbocycles. The van der Waals surface area contributed by atoms with E-state index in [9.17, 15) is 19.3 Å². The Morgan fingerprint density at radius 2 is 1.62 bits per heavy atom. The number of nitrogens with one attached hydrogen (secondary N) is 1. The number of nitro benzene ring substituents is 1. The standard InChI is InChI=1S/C32H28FN3O3/c1-22(24-11-6-3-7-12-24)34-32(37)19-28(25-13-8-14-26(33)17-25)30-21-35(20-23-9-4-2-5-10-23)31-16-15-27(36(38)39)18-29(30)31/h2-18,21-22,28H,19-20H2,1H3,(H,34,37)/t22-,28-/m1/s1. The number of carbonyl (C=O) groups is 1. The molecule has 7 heteroatoms. The van der Waals surface area contributed by atoms with E-state index in [1.807, 2.05) is 78.4 Å². The van der Waals surface area contributed by atoms with Gasteiger partial charge in [0.25, 0.3) is 5.69 Å². The van der Waals surface area contributed by atoms with Crippen LogP contribution in [-0.2, 0) is 11.3 Å². The fraction of sp³-hybridized carbons (Fsp3) is 0.156. The quantitative estimate of drug-likeness (QED) is 0.165. The molecule has 0 aliphatic carbocycles. The van der Waals surface area contributed by atoms with Gasteiger partial charge in [0, 0.05) is 48.1 Å². The van der Waals surface area contributed by atoms with Crippen LogP contribution in [0.15, 0.2) is 109 Å². The number of fused-ring (bicyclic) bond motifs is 1. The smallest absolute Gasteiger partial charge is 0.270 e. The molecule has 0 saturated heterocycles. The van der Waals surface area contributed by atoms with Crippen molar-refractivity contribution in [2.24, 2.45) is 0 Å². The number of hydrogen-bond acceptors (Lipinski definition) is 3. The van der Waals surface area contributed by atoms with Gasteiger partial charge in [0.15, 0.2) is 0 Å². The second kappa shape index (κ2) is 11.3. The zero-order valence-electron chi connectivity index (χ0n) is 21.5. The van der Waals surface area contributed by atoms with Crippen molar-refractivity contribution in [3.8, 4) is 0 Å². The van der Waals surface area contributed by atoms with Crippen LogP contribution in [0, 0.1) is 15.9 Å². The molecule has 39 heavy (non-hydrogen) atoms. The number of halogens is 1.